The van der Waals surface area contributed by atoms with E-state index >= 15 is 0 Å². The molecule has 0 saturated carbocycles. The summed E-state index contributed by atoms with van der Waals surface area (Å²) in [5, 5.41) is 12.8. The molecule has 0 aliphatic carbocycles. The molecule has 4 aromatic rings. The standard InChI is InChI=1S/C20H20N6O/c1-12-17-10-15(11-21-19(17)25(4)23-12)20(27)22-18-13(2)24-26(14(18)3)16-8-6-5-7-9-16/h5-11H,1-4H3,(H,22,27). The second-order valence-corrected chi connectivity index (χ2v) is 6.55. The third-order valence-corrected chi connectivity index (χ3v) is 4.66. The molecular formula is C20H20N6O. The zero-order chi connectivity index (χ0) is 19.1. The third kappa shape index (κ3) is 2.87. The molecule has 27 heavy (non-hydrogen) atoms. The number of fused-ring (bicyclic) bond motifs is 1. The van der Waals surface area contributed by atoms with E-state index in [9.17, 15) is 4.79 Å². The van der Waals surface area contributed by atoms with E-state index in [1.807, 2.05) is 68.9 Å². The van der Waals surface area contributed by atoms with E-state index < -0.39 is 0 Å². The van der Waals surface area contributed by atoms with Crippen LogP contribution < -0.4 is 5.32 Å². The lowest BCUT2D eigenvalue weighted by Crippen LogP contribution is -2.13. The van der Waals surface area contributed by atoms with Gasteiger partial charge in [0.1, 0.15) is 0 Å². The first-order chi connectivity index (χ1) is 13.0. The normalized spacial score (nSPS) is 11.1. The van der Waals surface area contributed by atoms with Gasteiger partial charge in [0, 0.05) is 18.6 Å². The number of benzene rings is 1. The van der Waals surface area contributed by atoms with E-state index in [2.05, 4.69) is 20.5 Å². The zero-order valence-electron chi connectivity index (χ0n) is 15.7. The van der Waals surface area contributed by atoms with Crippen molar-refractivity contribution in [2.24, 2.45) is 7.05 Å². The molecule has 0 unspecified atom stereocenters. The molecule has 1 aromatic carbocycles. The molecule has 136 valence electrons. The van der Waals surface area contributed by atoms with E-state index in [0.717, 1.165) is 33.8 Å². The van der Waals surface area contributed by atoms with Crippen LogP contribution in [0.25, 0.3) is 16.7 Å². The molecule has 1 amide bonds. The molecule has 1 N–H and O–H groups in total. The number of carbonyl (C=O) groups is 1. The maximum Gasteiger partial charge on any atom is 0.257 e. The minimum Gasteiger partial charge on any atom is -0.319 e. The minimum atomic E-state index is -0.216. The molecular weight excluding hydrogens is 340 g/mol. The van der Waals surface area contributed by atoms with Crippen molar-refractivity contribution in [2.45, 2.75) is 20.8 Å². The van der Waals surface area contributed by atoms with Crippen LogP contribution in [0.1, 0.15) is 27.4 Å². The van der Waals surface area contributed by atoms with Gasteiger partial charge in [-0.2, -0.15) is 10.2 Å². The smallest absolute Gasteiger partial charge is 0.257 e. The summed E-state index contributed by atoms with van der Waals surface area (Å²) in [6.45, 7) is 5.73. The van der Waals surface area contributed by atoms with Crippen molar-refractivity contribution in [3.05, 3.63) is 65.2 Å². The van der Waals surface area contributed by atoms with Gasteiger partial charge in [-0.3, -0.25) is 9.48 Å². The monoisotopic (exact) mass is 360 g/mol. The number of amides is 1. The number of hydrogen-bond donors (Lipinski definition) is 1. The van der Waals surface area contributed by atoms with Gasteiger partial charge in [-0.15, -0.1) is 0 Å². The van der Waals surface area contributed by atoms with Gasteiger partial charge >= 0.3 is 0 Å². The molecule has 0 bridgehead atoms. The first-order valence-corrected chi connectivity index (χ1v) is 8.68. The molecule has 0 aliphatic rings. The SMILES string of the molecule is Cc1nn(-c2ccccc2)c(C)c1NC(=O)c1cnc2c(c1)c(C)nn2C. The number of hydrogen-bond acceptors (Lipinski definition) is 4. The molecule has 4 rings (SSSR count). The number of rotatable bonds is 3. The van der Waals surface area contributed by atoms with Crippen molar-refractivity contribution in [1.82, 2.24) is 24.5 Å². The summed E-state index contributed by atoms with van der Waals surface area (Å²) in [4.78, 5) is 17.2. The van der Waals surface area contributed by atoms with Gasteiger partial charge in [-0.05, 0) is 39.0 Å². The maximum absolute atomic E-state index is 12.8. The first-order valence-electron chi connectivity index (χ1n) is 8.68. The van der Waals surface area contributed by atoms with Crippen LogP contribution >= 0.6 is 0 Å². The van der Waals surface area contributed by atoms with Gasteiger partial charge in [0.2, 0.25) is 0 Å². The Morgan fingerprint density at radius 3 is 2.52 bits per heavy atom. The molecule has 3 heterocycles. The quantitative estimate of drug-likeness (QED) is 0.608. The fourth-order valence-corrected chi connectivity index (χ4v) is 3.26. The van der Waals surface area contributed by atoms with Gasteiger partial charge in [0.05, 0.1) is 34.0 Å². The Bertz CT molecular complexity index is 1160. The third-order valence-electron chi connectivity index (χ3n) is 4.66. The number of anilines is 1. The summed E-state index contributed by atoms with van der Waals surface area (Å²) in [6, 6.07) is 11.7. The summed E-state index contributed by atoms with van der Waals surface area (Å²) in [6.07, 6.45) is 1.57. The van der Waals surface area contributed by atoms with Crippen molar-refractivity contribution >= 4 is 22.6 Å². The van der Waals surface area contributed by atoms with Gasteiger partial charge in [0.25, 0.3) is 5.91 Å². The summed E-state index contributed by atoms with van der Waals surface area (Å²) in [5.41, 5.74) is 5.39. The number of carbonyl (C=O) groups excluding carboxylic acids is 1. The first kappa shape index (κ1) is 17.0. The Balaban J connectivity index is 1.67. The van der Waals surface area contributed by atoms with Crippen molar-refractivity contribution in [3.63, 3.8) is 0 Å². The molecule has 0 aliphatic heterocycles. The highest BCUT2D eigenvalue weighted by atomic mass is 16.1. The Hall–Kier alpha value is -3.48. The van der Waals surface area contributed by atoms with E-state index in [-0.39, 0.29) is 5.91 Å². The molecule has 7 nitrogen and oxygen atoms in total. The van der Waals surface area contributed by atoms with Crippen LogP contribution in [-0.4, -0.2) is 30.5 Å². The molecule has 0 radical (unpaired) electrons. The molecule has 3 aromatic heterocycles. The number of pyridine rings is 1. The van der Waals surface area contributed by atoms with E-state index in [0.29, 0.717) is 11.3 Å². The fourth-order valence-electron chi connectivity index (χ4n) is 3.26. The van der Waals surface area contributed by atoms with Crippen LogP contribution in [-0.2, 0) is 7.05 Å². The molecule has 0 atom stereocenters. The topological polar surface area (TPSA) is 77.6 Å². The highest BCUT2D eigenvalue weighted by Crippen LogP contribution is 2.24. The van der Waals surface area contributed by atoms with Crippen molar-refractivity contribution in [1.29, 1.82) is 0 Å². The Labute approximate surface area is 156 Å². The summed E-state index contributed by atoms with van der Waals surface area (Å²) < 4.78 is 3.54. The molecule has 0 saturated heterocycles. The number of para-hydroxylation sites is 1. The number of aryl methyl sites for hydroxylation is 3. The molecule has 0 spiro atoms. The fraction of sp³-hybridized carbons (Fsp3) is 0.200. The van der Waals surface area contributed by atoms with Gasteiger partial charge < -0.3 is 5.32 Å². The lowest BCUT2D eigenvalue weighted by Gasteiger charge is -2.07. The predicted molar refractivity (Wildman–Crippen MR) is 104 cm³/mol. The average molecular weight is 360 g/mol. The van der Waals surface area contributed by atoms with Crippen LogP contribution in [0.3, 0.4) is 0 Å². The van der Waals surface area contributed by atoms with Gasteiger partial charge in [-0.25, -0.2) is 9.67 Å². The van der Waals surface area contributed by atoms with Crippen molar-refractivity contribution in [3.8, 4) is 5.69 Å². The largest absolute Gasteiger partial charge is 0.319 e. The summed E-state index contributed by atoms with van der Waals surface area (Å²) in [5.74, 6) is -0.216. The van der Waals surface area contributed by atoms with Crippen molar-refractivity contribution < 1.29 is 4.79 Å². The Morgan fingerprint density at radius 2 is 1.78 bits per heavy atom. The van der Waals surface area contributed by atoms with Crippen LogP contribution in [0.2, 0.25) is 0 Å². The number of nitrogens with zero attached hydrogens (tertiary/aromatic N) is 5. The van der Waals surface area contributed by atoms with E-state index in [1.54, 1.807) is 10.9 Å². The van der Waals surface area contributed by atoms with Crippen LogP contribution in [0, 0.1) is 20.8 Å². The Kier molecular flexibility index (Phi) is 3.99. The predicted octanol–water partition coefficient (Wildman–Crippen LogP) is 3.33. The van der Waals surface area contributed by atoms with E-state index in [4.69, 9.17) is 0 Å². The van der Waals surface area contributed by atoms with Crippen LogP contribution in [0.4, 0.5) is 5.69 Å². The lowest BCUT2D eigenvalue weighted by molar-refractivity contribution is 0.102. The minimum absolute atomic E-state index is 0.216. The summed E-state index contributed by atoms with van der Waals surface area (Å²) >= 11 is 0. The second kappa shape index (κ2) is 6.35. The zero-order valence-corrected chi connectivity index (χ0v) is 15.7. The second-order valence-electron chi connectivity index (χ2n) is 6.55. The summed E-state index contributed by atoms with van der Waals surface area (Å²) in [7, 11) is 1.84. The maximum atomic E-state index is 12.8. The van der Waals surface area contributed by atoms with Crippen molar-refractivity contribution in [2.75, 3.05) is 5.32 Å². The lowest BCUT2D eigenvalue weighted by atomic mass is 10.2. The average Bonchev–Trinajstić information content (AvgIpc) is 3.12. The van der Waals surface area contributed by atoms with Crippen LogP contribution in [0.5, 0.6) is 0 Å². The van der Waals surface area contributed by atoms with Gasteiger partial charge in [0.15, 0.2) is 5.65 Å². The highest BCUT2D eigenvalue weighted by Gasteiger charge is 2.17. The van der Waals surface area contributed by atoms with Gasteiger partial charge in [-0.1, -0.05) is 18.2 Å². The number of aromatic nitrogens is 5. The van der Waals surface area contributed by atoms with Crippen LogP contribution in [0.15, 0.2) is 42.6 Å². The molecule has 7 heteroatoms. The Morgan fingerprint density at radius 1 is 1.04 bits per heavy atom. The highest BCUT2D eigenvalue weighted by molar-refractivity contribution is 6.06. The number of nitrogens with one attached hydrogen (secondary N) is 1. The van der Waals surface area contributed by atoms with E-state index in [1.165, 1.54) is 0 Å². The molecule has 0 fully saturated rings.